The first-order chi connectivity index (χ1) is 31.6. The quantitative estimate of drug-likeness (QED) is 0.150. The van der Waals surface area contributed by atoms with E-state index < -0.39 is 0 Å². The summed E-state index contributed by atoms with van der Waals surface area (Å²) in [6, 6.07) is 72.4. The Morgan fingerprint density at radius 1 is 0.391 bits per heavy atom. The molecule has 0 amide bonds. The lowest BCUT2D eigenvalue weighted by molar-refractivity contribution is 0.284. The lowest BCUT2D eigenvalue weighted by atomic mass is 9.58. The first-order valence-corrected chi connectivity index (χ1v) is 22.8. The van der Waals surface area contributed by atoms with Crippen molar-refractivity contribution in [1.82, 2.24) is 15.0 Å². The van der Waals surface area contributed by atoms with E-state index in [-0.39, 0.29) is 5.41 Å². The van der Waals surface area contributed by atoms with Crippen LogP contribution in [0.25, 0.3) is 89.8 Å². The zero-order valence-electron chi connectivity index (χ0n) is 36.0. The zero-order valence-corrected chi connectivity index (χ0v) is 36.0. The van der Waals surface area contributed by atoms with Gasteiger partial charge in [-0.2, -0.15) is 0 Å². The molecule has 1 heterocycles. The SMILES string of the molecule is CC1C=C2CC(CCC23c2ccc(-c4ccccc4)cc2-c2ccc(-c4cc(-c5cccc(-c6ccccc6)c5)cc(-c5nc(-c6ccccc6)nc(-c6ccccc6)n5)c4)cc23)C1. The molecule has 3 nitrogen and oxygen atoms in total. The molecular formula is C61H47N3. The topological polar surface area (TPSA) is 38.7 Å². The second kappa shape index (κ2) is 15.7. The minimum absolute atomic E-state index is 0.144. The summed E-state index contributed by atoms with van der Waals surface area (Å²) in [7, 11) is 0. The number of aromatic nitrogens is 3. The predicted octanol–water partition coefficient (Wildman–Crippen LogP) is 15.6. The highest BCUT2D eigenvalue weighted by Gasteiger charge is 2.49. The molecule has 1 spiro atoms. The number of hydrogen-bond acceptors (Lipinski definition) is 3. The molecule has 0 saturated heterocycles. The molecular weight excluding hydrogens is 775 g/mol. The Balaban J connectivity index is 1.07. The van der Waals surface area contributed by atoms with Crippen molar-refractivity contribution in [3.05, 3.63) is 223 Å². The van der Waals surface area contributed by atoms with Gasteiger partial charge >= 0.3 is 0 Å². The Bertz CT molecular complexity index is 3170. The number of fused-ring (bicyclic) bond motifs is 8. The summed E-state index contributed by atoms with van der Waals surface area (Å²) in [5.41, 5.74) is 19.5. The van der Waals surface area contributed by atoms with Gasteiger partial charge in [0, 0.05) is 22.1 Å². The van der Waals surface area contributed by atoms with Gasteiger partial charge in [0.15, 0.2) is 17.5 Å². The van der Waals surface area contributed by atoms with Gasteiger partial charge in [-0.3, -0.25) is 0 Å². The van der Waals surface area contributed by atoms with Gasteiger partial charge in [-0.25, -0.2) is 15.0 Å². The van der Waals surface area contributed by atoms with Gasteiger partial charge in [0.2, 0.25) is 0 Å². The monoisotopic (exact) mass is 821 g/mol. The second-order valence-electron chi connectivity index (χ2n) is 18.1. The van der Waals surface area contributed by atoms with E-state index in [2.05, 4.69) is 177 Å². The Kier molecular flexibility index (Phi) is 9.37. The molecule has 3 unspecified atom stereocenters. The highest BCUT2D eigenvalue weighted by Crippen LogP contribution is 2.61. The van der Waals surface area contributed by atoms with Crippen LogP contribution in [0.4, 0.5) is 0 Å². The van der Waals surface area contributed by atoms with Gasteiger partial charge in [0.25, 0.3) is 0 Å². The Morgan fingerprint density at radius 2 is 0.859 bits per heavy atom. The summed E-state index contributed by atoms with van der Waals surface area (Å²) in [5.74, 6) is 3.29. The lowest BCUT2D eigenvalue weighted by Gasteiger charge is -2.45. The van der Waals surface area contributed by atoms with E-state index in [0.717, 1.165) is 45.7 Å². The van der Waals surface area contributed by atoms with Gasteiger partial charge in [0.1, 0.15) is 0 Å². The molecule has 64 heavy (non-hydrogen) atoms. The molecule has 1 saturated carbocycles. The molecule has 1 fully saturated rings. The van der Waals surface area contributed by atoms with Crippen LogP contribution in [0.15, 0.2) is 212 Å². The van der Waals surface area contributed by atoms with Crippen molar-refractivity contribution in [2.24, 2.45) is 11.8 Å². The predicted molar refractivity (Wildman–Crippen MR) is 263 cm³/mol. The van der Waals surface area contributed by atoms with Crippen LogP contribution in [0.5, 0.6) is 0 Å². The van der Waals surface area contributed by atoms with Crippen LogP contribution in [0, 0.1) is 11.8 Å². The summed E-state index contributed by atoms with van der Waals surface area (Å²) in [5, 5.41) is 0. The normalized spacial score (nSPS) is 18.3. The Labute approximate surface area is 375 Å². The van der Waals surface area contributed by atoms with Gasteiger partial charge in [-0.15, -0.1) is 0 Å². The summed E-state index contributed by atoms with van der Waals surface area (Å²) in [4.78, 5) is 15.5. The minimum atomic E-state index is -0.144. The summed E-state index contributed by atoms with van der Waals surface area (Å²) in [6.45, 7) is 2.42. The first kappa shape index (κ1) is 38.2. The van der Waals surface area contributed by atoms with Gasteiger partial charge in [-0.05, 0) is 141 Å². The van der Waals surface area contributed by atoms with E-state index in [9.17, 15) is 0 Å². The van der Waals surface area contributed by atoms with E-state index >= 15 is 0 Å². The molecule has 0 aliphatic heterocycles. The summed E-state index contributed by atoms with van der Waals surface area (Å²) in [6.07, 6.45) is 7.49. The standard InChI is InChI=1S/C61H47N3/c1-40-31-41-29-30-61(53(32-40)33-41)56-28-26-48(43-17-8-3-9-18-43)38-55(56)54-27-25-49(39-57(54)61)51-35-50(47-24-14-23-46(34-47)42-15-6-2-7-16-42)36-52(37-51)60-63-58(44-19-10-4-11-20-44)62-59(64-60)45-21-12-5-13-22-45/h2-28,32,34-41H,29-31,33H2,1H3. The fourth-order valence-electron chi connectivity index (χ4n) is 11.1. The molecule has 3 aliphatic rings. The van der Waals surface area contributed by atoms with Crippen molar-refractivity contribution in [2.45, 2.75) is 38.0 Å². The maximum atomic E-state index is 5.23. The van der Waals surface area contributed by atoms with Crippen LogP contribution < -0.4 is 0 Å². The number of benzene rings is 8. The van der Waals surface area contributed by atoms with E-state index in [1.54, 1.807) is 5.57 Å². The number of nitrogens with zero attached hydrogens (tertiary/aromatic N) is 3. The van der Waals surface area contributed by atoms with Crippen LogP contribution in [-0.2, 0) is 5.41 Å². The molecule has 8 aromatic carbocycles. The highest BCUT2D eigenvalue weighted by molar-refractivity contribution is 5.90. The van der Waals surface area contributed by atoms with Gasteiger partial charge in [0.05, 0.1) is 0 Å². The molecule has 2 bridgehead atoms. The highest BCUT2D eigenvalue weighted by atomic mass is 15.0. The van der Waals surface area contributed by atoms with Crippen molar-refractivity contribution < 1.29 is 0 Å². The molecule has 306 valence electrons. The van der Waals surface area contributed by atoms with Crippen LogP contribution in [0.1, 0.15) is 43.7 Å². The van der Waals surface area contributed by atoms with Crippen LogP contribution in [0.2, 0.25) is 0 Å². The van der Waals surface area contributed by atoms with Gasteiger partial charge in [-0.1, -0.05) is 182 Å². The molecule has 3 atom stereocenters. The minimum Gasteiger partial charge on any atom is -0.208 e. The number of rotatable bonds is 7. The smallest absolute Gasteiger partial charge is 0.164 e. The first-order valence-electron chi connectivity index (χ1n) is 22.8. The van der Waals surface area contributed by atoms with Gasteiger partial charge < -0.3 is 0 Å². The van der Waals surface area contributed by atoms with Crippen molar-refractivity contribution in [1.29, 1.82) is 0 Å². The third-order valence-electron chi connectivity index (χ3n) is 14.1. The summed E-state index contributed by atoms with van der Waals surface area (Å²) < 4.78 is 0. The van der Waals surface area contributed by atoms with Crippen LogP contribution in [0.3, 0.4) is 0 Å². The Hall–Kier alpha value is -7.49. The summed E-state index contributed by atoms with van der Waals surface area (Å²) >= 11 is 0. The molecule has 3 heteroatoms. The second-order valence-corrected chi connectivity index (χ2v) is 18.1. The molecule has 12 rings (SSSR count). The maximum absolute atomic E-state index is 5.23. The largest absolute Gasteiger partial charge is 0.208 e. The fraction of sp³-hybridized carbons (Fsp3) is 0.131. The number of hydrogen-bond donors (Lipinski definition) is 0. The average molecular weight is 822 g/mol. The van der Waals surface area contributed by atoms with Crippen molar-refractivity contribution in [3.63, 3.8) is 0 Å². The lowest BCUT2D eigenvalue weighted by Crippen LogP contribution is -2.36. The average Bonchev–Trinajstić information content (AvgIpc) is 3.64. The van der Waals surface area contributed by atoms with E-state index in [1.807, 2.05) is 36.4 Å². The van der Waals surface area contributed by atoms with E-state index in [4.69, 9.17) is 15.0 Å². The van der Waals surface area contributed by atoms with Crippen LogP contribution >= 0.6 is 0 Å². The Morgan fingerprint density at radius 3 is 1.47 bits per heavy atom. The number of allylic oxidation sites excluding steroid dienone is 2. The van der Waals surface area contributed by atoms with Crippen molar-refractivity contribution in [3.8, 4) is 89.8 Å². The molecule has 3 aliphatic carbocycles. The third-order valence-corrected chi connectivity index (χ3v) is 14.1. The molecule has 0 radical (unpaired) electrons. The molecule has 1 aromatic heterocycles. The van der Waals surface area contributed by atoms with Crippen molar-refractivity contribution in [2.75, 3.05) is 0 Å². The third kappa shape index (κ3) is 6.71. The molecule has 0 N–H and O–H groups in total. The fourth-order valence-corrected chi connectivity index (χ4v) is 11.1. The van der Waals surface area contributed by atoms with E-state index in [1.165, 1.54) is 69.3 Å². The zero-order chi connectivity index (χ0) is 42.6. The molecule has 9 aromatic rings. The van der Waals surface area contributed by atoms with Crippen molar-refractivity contribution >= 4 is 0 Å². The van der Waals surface area contributed by atoms with E-state index in [0.29, 0.717) is 23.4 Å². The van der Waals surface area contributed by atoms with Crippen LogP contribution in [-0.4, -0.2) is 15.0 Å². The maximum Gasteiger partial charge on any atom is 0.164 e.